The van der Waals surface area contributed by atoms with Gasteiger partial charge in [0.1, 0.15) is 16.1 Å². The molecule has 1 aliphatic heterocycles. The van der Waals surface area contributed by atoms with Gasteiger partial charge >= 0.3 is 11.9 Å². The number of carbonyl (C=O) groups excluding carboxylic acids is 2. The molecule has 12 heteroatoms. The molecule has 1 heterocycles. The average Bonchev–Trinajstić information content (AvgIpc) is 2.70. The standard InChI is InChI=1S/C23H35IO9SSi/c1-14-9-11-17(12-10-14)34(27,28)29-13-18-20(30-15(2)25)21(33-35(7,8)23(4,5)6)19(24)22(32-18)31-16(3)26/h9-12,18-22H,13H2,1-8H3/t18-,19+,20-,21-,22+/m1/s1. The van der Waals surface area contributed by atoms with E-state index in [9.17, 15) is 18.0 Å². The third kappa shape index (κ3) is 7.96. The van der Waals surface area contributed by atoms with Crippen LogP contribution in [0, 0.1) is 6.92 Å². The second-order valence-corrected chi connectivity index (χ2v) is 17.9. The van der Waals surface area contributed by atoms with Crippen LogP contribution in [0.1, 0.15) is 40.2 Å². The van der Waals surface area contributed by atoms with Crippen LogP contribution in [0.5, 0.6) is 0 Å². The molecule has 2 rings (SSSR count). The van der Waals surface area contributed by atoms with Crippen molar-refractivity contribution in [2.45, 2.75) is 93.1 Å². The summed E-state index contributed by atoms with van der Waals surface area (Å²) in [7, 11) is -6.52. The molecule has 1 aromatic rings. The van der Waals surface area contributed by atoms with Crippen molar-refractivity contribution in [2.24, 2.45) is 0 Å². The summed E-state index contributed by atoms with van der Waals surface area (Å²) in [4.78, 5) is 23.8. The number of carbonyl (C=O) groups is 2. The number of halogens is 1. The molecule has 1 fully saturated rings. The van der Waals surface area contributed by atoms with Crippen molar-refractivity contribution in [1.29, 1.82) is 0 Å². The van der Waals surface area contributed by atoms with Crippen LogP contribution in [-0.4, -0.2) is 63.8 Å². The fourth-order valence-electron chi connectivity index (χ4n) is 3.18. The minimum Gasteiger partial charge on any atom is -0.457 e. The Kier molecular flexibility index (Phi) is 9.95. The summed E-state index contributed by atoms with van der Waals surface area (Å²) in [5.74, 6) is -1.15. The highest BCUT2D eigenvalue weighted by atomic mass is 127. The number of rotatable bonds is 8. The SMILES string of the molecule is CC(=O)O[C@H]1O[C@H](COS(=O)(=O)c2ccc(C)cc2)[C@@H](OC(C)=O)[C@H](O[Si](C)(C)C(C)(C)C)[C@@H]1I. The summed E-state index contributed by atoms with van der Waals surface area (Å²) in [6.07, 6.45) is -3.83. The first-order valence-corrected chi connectivity index (χ1v) is 16.8. The van der Waals surface area contributed by atoms with E-state index in [-0.39, 0.29) is 9.93 Å². The lowest BCUT2D eigenvalue weighted by Gasteiger charge is -2.48. The Morgan fingerprint density at radius 2 is 1.57 bits per heavy atom. The first-order chi connectivity index (χ1) is 15.9. The van der Waals surface area contributed by atoms with Gasteiger partial charge in [0, 0.05) is 13.8 Å². The van der Waals surface area contributed by atoms with Crippen LogP contribution >= 0.6 is 22.6 Å². The van der Waals surface area contributed by atoms with E-state index in [1.54, 1.807) is 12.1 Å². The monoisotopic (exact) mass is 642 g/mol. The maximum atomic E-state index is 12.8. The van der Waals surface area contributed by atoms with Crippen molar-refractivity contribution < 1.29 is 40.8 Å². The summed E-state index contributed by atoms with van der Waals surface area (Å²) in [5, 5.41) is -0.167. The van der Waals surface area contributed by atoms with E-state index in [0.717, 1.165) is 5.56 Å². The minimum absolute atomic E-state index is 0.0136. The maximum absolute atomic E-state index is 12.8. The van der Waals surface area contributed by atoms with Crippen LogP contribution in [0.2, 0.25) is 18.1 Å². The number of hydrogen-bond donors (Lipinski definition) is 0. The molecule has 0 radical (unpaired) electrons. The Labute approximate surface area is 222 Å². The molecule has 0 aliphatic carbocycles. The zero-order chi connectivity index (χ0) is 26.8. The van der Waals surface area contributed by atoms with E-state index in [2.05, 4.69) is 43.4 Å². The number of aryl methyl sites for hydroxylation is 1. The molecule has 1 saturated heterocycles. The predicted octanol–water partition coefficient (Wildman–Crippen LogP) is 4.11. The molecule has 1 aromatic carbocycles. The van der Waals surface area contributed by atoms with Gasteiger partial charge < -0.3 is 18.6 Å². The normalized spacial score (nSPS) is 25.7. The van der Waals surface area contributed by atoms with Gasteiger partial charge in [0.05, 0.1) is 11.5 Å². The molecule has 1 aliphatic rings. The molecule has 0 saturated carbocycles. The van der Waals surface area contributed by atoms with Crippen molar-refractivity contribution in [1.82, 2.24) is 0 Å². The number of esters is 2. The topological polar surface area (TPSA) is 114 Å². The summed E-state index contributed by atoms with van der Waals surface area (Å²) in [5.41, 5.74) is 0.900. The first kappa shape index (κ1) is 30.2. The summed E-state index contributed by atoms with van der Waals surface area (Å²) in [6.45, 7) is 14.2. The Balaban J connectivity index is 2.40. The van der Waals surface area contributed by atoms with E-state index in [4.69, 9.17) is 22.8 Å². The van der Waals surface area contributed by atoms with Crippen LogP contribution in [0.3, 0.4) is 0 Å². The molecule has 0 N–H and O–H groups in total. The second-order valence-electron chi connectivity index (χ2n) is 10.1. The smallest absolute Gasteiger partial charge is 0.304 e. The summed E-state index contributed by atoms with van der Waals surface area (Å²) in [6, 6.07) is 6.22. The van der Waals surface area contributed by atoms with Crippen molar-refractivity contribution in [2.75, 3.05) is 6.61 Å². The summed E-state index contributed by atoms with van der Waals surface area (Å²) >= 11 is 2.06. The van der Waals surface area contributed by atoms with Gasteiger partial charge in [-0.1, -0.05) is 61.1 Å². The molecule has 0 amide bonds. The van der Waals surface area contributed by atoms with Crippen molar-refractivity contribution in [3.8, 4) is 0 Å². The van der Waals surface area contributed by atoms with E-state index >= 15 is 0 Å². The van der Waals surface area contributed by atoms with Gasteiger partial charge in [0.25, 0.3) is 10.1 Å². The number of alkyl halides is 1. The predicted molar refractivity (Wildman–Crippen MR) is 140 cm³/mol. The zero-order valence-corrected chi connectivity index (χ0v) is 25.3. The van der Waals surface area contributed by atoms with Gasteiger partial charge in [-0.15, -0.1) is 0 Å². The third-order valence-electron chi connectivity index (χ3n) is 6.09. The van der Waals surface area contributed by atoms with Gasteiger partial charge in [-0.3, -0.25) is 13.8 Å². The zero-order valence-electron chi connectivity index (χ0n) is 21.4. The fourth-order valence-corrected chi connectivity index (χ4v) is 6.56. The van der Waals surface area contributed by atoms with E-state index < -0.39 is 65.5 Å². The Morgan fingerprint density at radius 3 is 2.06 bits per heavy atom. The lowest BCUT2D eigenvalue weighted by molar-refractivity contribution is -0.246. The molecule has 0 unspecified atom stereocenters. The van der Waals surface area contributed by atoms with Crippen LogP contribution in [0.4, 0.5) is 0 Å². The lowest BCUT2D eigenvalue weighted by Crippen LogP contribution is -2.62. The van der Waals surface area contributed by atoms with E-state index in [0.29, 0.717) is 0 Å². The molecule has 0 aromatic heterocycles. The third-order valence-corrected chi connectivity index (χ3v) is 13.2. The van der Waals surface area contributed by atoms with Crippen molar-refractivity contribution >= 4 is 53.0 Å². The highest BCUT2D eigenvalue weighted by molar-refractivity contribution is 14.1. The van der Waals surface area contributed by atoms with Crippen LogP contribution in [0.15, 0.2) is 29.2 Å². The molecular formula is C23H35IO9SSi. The van der Waals surface area contributed by atoms with Gasteiger partial charge in [-0.25, -0.2) is 0 Å². The second kappa shape index (κ2) is 11.5. The van der Waals surface area contributed by atoms with Crippen LogP contribution < -0.4 is 0 Å². The lowest BCUT2D eigenvalue weighted by atomic mass is 10.0. The van der Waals surface area contributed by atoms with E-state index in [1.807, 2.05) is 20.0 Å². The highest BCUT2D eigenvalue weighted by Gasteiger charge is 2.52. The highest BCUT2D eigenvalue weighted by Crippen LogP contribution is 2.41. The largest absolute Gasteiger partial charge is 0.457 e. The average molecular weight is 643 g/mol. The number of hydrogen-bond acceptors (Lipinski definition) is 9. The molecule has 35 heavy (non-hydrogen) atoms. The van der Waals surface area contributed by atoms with Gasteiger partial charge in [-0.05, 0) is 37.2 Å². The van der Waals surface area contributed by atoms with E-state index in [1.165, 1.54) is 26.0 Å². The summed E-state index contributed by atoms with van der Waals surface area (Å²) < 4.78 is 53.9. The van der Waals surface area contributed by atoms with Crippen molar-refractivity contribution in [3.63, 3.8) is 0 Å². The minimum atomic E-state index is -4.12. The Morgan fingerprint density at radius 1 is 1.03 bits per heavy atom. The first-order valence-electron chi connectivity index (χ1n) is 11.2. The fraction of sp³-hybridized carbons (Fsp3) is 0.652. The molecular weight excluding hydrogens is 607 g/mol. The molecule has 0 bridgehead atoms. The van der Waals surface area contributed by atoms with Crippen LogP contribution in [-0.2, 0) is 42.5 Å². The van der Waals surface area contributed by atoms with Gasteiger partial charge in [0.15, 0.2) is 14.4 Å². The number of benzene rings is 1. The Hall–Kier alpha value is -1.06. The maximum Gasteiger partial charge on any atom is 0.304 e. The van der Waals surface area contributed by atoms with Crippen molar-refractivity contribution in [3.05, 3.63) is 29.8 Å². The quantitative estimate of drug-likeness (QED) is 0.136. The number of ether oxygens (including phenoxy) is 3. The van der Waals surface area contributed by atoms with Crippen LogP contribution in [0.25, 0.3) is 0 Å². The molecule has 0 spiro atoms. The molecule has 5 atom stereocenters. The molecule has 198 valence electrons. The molecule has 9 nitrogen and oxygen atoms in total. The van der Waals surface area contributed by atoms with Gasteiger partial charge in [0.2, 0.25) is 6.29 Å². The Bertz CT molecular complexity index is 1000. The van der Waals surface area contributed by atoms with Gasteiger partial charge in [-0.2, -0.15) is 8.42 Å².